The van der Waals surface area contributed by atoms with Gasteiger partial charge in [-0.05, 0) is 23.8 Å². The van der Waals surface area contributed by atoms with Crippen molar-refractivity contribution in [1.29, 1.82) is 0 Å². The Bertz CT molecular complexity index is 616. The topological polar surface area (TPSA) is 52.4 Å². The maximum Gasteiger partial charge on any atom is 0.269 e. The molecule has 0 spiro atoms. The fourth-order valence-electron chi connectivity index (χ4n) is 1.65. The molecular formula is C14H11BrFNO3. The molecule has 4 nitrogen and oxygen atoms in total. The molecule has 6 heteroatoms. The molecule has 2 rings (SSSR count). The summed E-state index contributed by atoms with van der Waals surface area (Å²) in [5, 5.41) is 10.5. The Kier molecular flexibility index (Phi) is 4.68. The number of ether oxygens (including phenoxy) is 1. The van der Waals surface area contributed by atoms with E-state index in [0.29, 0.717) is 13.0 Å². The summed E-state index contributed by atoms with van der Waals surface area (Å²) in [4.78, 5) is 10.1. The Morgan fingerprint density at radius 3 is 2.55 bits per heavy atom. The third-order valence-electron chi connectivity index (χ3n) is 2.69. The Labute approximate surface area is 123 Å². The first kappa shape index (κ1) is 14.5. The van der Waals surface area contributed by atoms with Crippen LogP contribution in [0.4, 0.5) is 10.1 Å². The number of rotatable bonds is 5. The quantitative estimate of drug-likeness (QED) is 0.608. The Balaban J connectivity index is 1.92. The molecule has 2 aromatic carbocycles. The van der Waals surface area contributed by atoms with E-state index < -0.39 is 10.7 Å². The van der Waals surface area contributed by atoms with Crippen LogP contribution in [0.3, 0.4) is 0 Å². The molecule has 0 saturated heterocycles. The molecule has 20 heavy (non-hydrogen) atoms. The minimum atomic E-state index is -0.447. The minimum Gasteiger partial charge on any atom is -0.490 e. The van der Waals surface area contributed by atoms with Crippen molar-refractivity contribution >= 4 is 21.6 Å². The summed E-state index contributed by atoms with van der Waals surface area (Å²) < 4.78 is 19.5. The normalized spacial score (nSPS) is 10.3. The molecule has 0 aromatic heterocycles. The van der Waals surface area contributed by atoms with Crippen molar-refractivity contribution in [2.75, 3.05) is 6.61 Å². The number of nitro groups is 1. The summed E-state index contributed by atoms with van der Waals surface area (Å²) in [6.45, 7) is 0.297. The van der Waals surface area contributed by atoms with Crippen LogP contribution in [-0.4, -0.2) is 11.5 Å². The Morgan fingerprint density at radius 2 is 1.90 bits per heavy atom. The van der Waals surface area contributed by atoms with E-state index in [2.05, 4.69) is 15.9 Å². The Morgan fingerprint density at radius 1 is 1.20 bits per heavy atom. The first-order chi connectivity index (χ1) is 9.56. The van der Waals surface area contributed by atoms with Crippen LogP contribution in [0.25, 0.3) is 0 Å². The molecule has 0 aliphatic heterocycles. The highest BCUT2D eigenvalue weighted by Crippen LogP contribution is 2.22. The lowest BCUT2D eigenvalue weighted by Crippen LogP contribution is -2.03. The van der Waals surface area contributed by atoms with Gasteiger partial charge >= 0.3 is 0 Å². The van der Waals surface area contributed by atoms with Crippen molar-refractivity contribution in [3.05, 3.63) is 68.4 Å². The molecule has 0 unspecified atom stereocenters. The van der Waals surface area contributed by atoms with Gasteiger partial charge in [0.2, 0.25) is 0 Å². The summed E-state index contributed by atoms with van der Waals surface area (Å²) in [7, 11) is 0. The van der Waals surface area contributed by atoms with Crippen molar-refractivity contribution < 1.29 is 14.1 Å². The van der Waals surface area contributed by atoms with Gasteiger partial charge in [0.25, 0.3) is 5.69 Å². The van der Waals surface area contributed by atoms with Gasteiger partial charge in [0.05, 0.1) is 11.5 Å². The summed E-state index contributed by atoms with van der Waals surface area (Å²) in [5.41, 5.74) is 0.943. The van der Waals surface area contributed by atoms with Crippen LogP contribution < -0.4 is 4.74 Å². The molecule has 0 bridgehead atoms. The molecule has 0 amide bonds. The molecule has 0 N–H and O–H groups in total. The fraction of sp³-hybridized carbons (Fsp3) is 0.143. The highest BCUT2D eigenvalue weighted by atomic mass is 79.9. The molecule has 104 valence electrons. The van der Waals surface area contributed by atoms with Crippen molar-refractivity contribution in [3.8, 4) is 5.75 Å². The van der Waals surface area contributed by atoms with Gasteiger partial charge in [-0.3, -0.25) is 10.1 Å². The number of non-ortho nitro benzene ring substituents is 1. The van der Waals surface area contributed by atoms with Gasteiger partial charge in [-0.1, -0.05) is 28.1 Å². The molecule has 2 aromatic rings. The van der Waals surface area contributed by atoms with Crippen LogP contribution in [0, 0.1) is 15.9 Å². The van der Waals surface area contributed by atoms with E-state index in [9.17, 15) is 14.5 Å². The van der Waals surface area contributed by atoms with E-state index in [1.165, 1.54) is 18.2 Å². The second-order valence-corrected chi connectivity index (χ2v) is 5.01. The molecule has 0 atom stereocenters. The lowest BCUT2D eigenvalue weighted by molar-refractivity contribution is -0.384. The van der Waals surface area contributed by atoms with E-state index in [0.717, 1.165) is 10.0 Å². The maximum atomic E-state index is 13.4. The lowest BCUT2D eigenvalue weighted by atomic mass is 10.1. The molecular weight excluding hydrogens is 329 g/mol. The number of hydrogen-bond acceptors (Lipinski definition) is 3. The Hall–Kier alpha value is -1.95. The summed E-state index contributed by atoms with van der Waals surface area (Å²) in [5.74, 6) is -0.238. The van der Waals surface area contributed by atoms with Crippen LogP contribution in [0.5, 0.6) is 5.75 Å². The third-order valence-corrected chi connectivity index (χ3v) is 3.18. The van der Waals surface area contributed by atoms with Crippen molar-refractivity contribution in [2.45, 2.75) is 6.42 Å². The van der Waals surface area contributed by atoms with E-state index >= 15 is 0 Å². The number of benzene rings is 2. The predicted octanol–water partition coefficient (Wildman–Crippen LogP) is 4.12. The average molecular weight is 340 g/mol. The van der Waals surface area contributed by atoms with E-state index in [-0.39, 0.29) is 11.4 Å². The zero-order valence-corrected chi connectivity index (χ0v) is 12.0. The van der Waals surface area contributed by atoms with E-state index in [1.807, 2.05) is 0 Å². The monoisotopic (exact) mass is 339 g/mol. The van der Waals surface area contributed by atoms with Gasteiger partial charge in [-0.2, -0.15) is 0 Å². The largest absolute Gasteiger partial charge is 0.490 e. The fourth-order valence-corrected chi connectivity index (χ4v) is 1.99. The van der Waals surface area contributed by atoms with Crippen molar-refractivity contribution in [3.63, 3.8) is 0 Å². The molecule has 0 saturated carbocycles. The van der Waals surface area contributed by atoms with E-state index in [1.54, 1.807) is 24.3 Å². The highest BCUT2D eigenvalue weighted by Gasteiger charge is 2.06. The minimum absolute atomic E-state index is 0.0488. The highest BCUT2D eigenvalue weighted by molar-refractivity contribution is 9.10. The van der Waals surface area contributed by atoms with Gasteiger partial charge in [0, 0.05) is 23.0 Å². The zero-order chi connectivity index (χ0) is 14.5. The van der Waals surface area contributed by atoms with Crippen LogP contribution >= 0.6 is 15.9 Å². The molecule has 0 aliphatic carbocycles. The molecule has 0 fully saturated rings. The van der Waals surface area contributed by atoms with E-state index in [4.69, 9.17) is 4.74 Å². The standard InChI is InChI=1S/C14H11BrFNO3/c15-11-3-6-13(16)14(9-11)20-8-7-10-1-4-12(5-2-10)17(18)19/h1-6,9H,7-8H2. The second-order valence-electron chi connectivity index (χ2n) is 4.10. The molecule has 0 radical (unpaired) electrons. The summed E-state index contributed by atoms with van der Waals surface area (Å²) in [6, 6.07) is 10.7. The van der Waals surface area contributed by atoms with Crippen LogP contribution in [-0.2, 0) is 6.42 Å². The maximum absolute atomic E-state index is 13.4. The second kappa shape index (κ2) is 6.47. The zero-order valence-electron chi connectivity index (χ0n) is 10.4. The summed E-state index contributed by atoms with van der Waals surface area (Å²) in [6.07, 6.45) is 0.546. The SMILES string of the molecule is O=[N+]([O-])c1ccc(CCOc2cc(Br)ccc2F)cc1. The first-order valence-corrected chi connectivity index (χ1v) is 6.67. The van der Waals surface area contributed by atoms with Gasteiger partial charge < -0.3 is 4.74 Å². The van der Waals surface area contributed by atoms with Gasteiger partial charge in [0.1, 0.15) is 0 Å². The number of nitrogens with zero attached hydrogens (tertiary/aromatic N) is 1. The molecule has 0 heterocycles. The van der Waals surface area contributed by atoms with Crippen LogP contribution in [0.1, 0.15) is 5.56 Å². The lowest BCUT2D eigenvalue weighted by Gasteiger charge is -2.07. The van der Waals surface area contributed by atoms with Gasteiger partial charge in [-0.15, -0.1) is 0 Å². The average Bonchev–Trinajstić information content (AvgIpc) is 2.43. The smallest absolute Gasteiger partial charge is 0.269 e. The number of nitro benzene ring substituents is 1. The van der Waals surface area contributed by atoms with Crippen molar-refractivity contribution in [2.24, 2.45) is 0 Å². The number of hydrogen-bond donors (Lipinski definition) is 0. The molecule has 0 aliphatic rings. The van der Waals surface area contributed by atoms with Crippen LogP contribution in [0.2, 0.25) is 0 Å². The van der Waals surface area contributed by atoms with Gasteiger partial charge in [-0.25, -0.2) is 4.39 Å². The predicted molar refractivity (Wildman–Crippen MR) is 76.4 cm³/mol. The van der Waals surface area contributed by atoms with Gasteiger partial charge in [0.15, 0.2) is 11.6 Å². The number of halogens is 2. The van der Waals surface area contributed by atoms with Crippen LogP contribution in [0.15, 0.2) is 46.9 Å². The third kappa shape index (κ3) is 3.77. The first-order valence-electron chi connectivity index (χ1n) is 5.87. The summed E-state index contributed by atoms with van der Waals surface area (Å²) >= 11 is 3.24. The van der Waals surface area contributed by atoms with Crippen molar-refractivity contribution in [1.82, 2.24) is 0 Å².